The minimum absolute atomic E-state index is 0.160. The molecule has 0 spiro atoms. The van der Waals surface area contributed by atoms with Gasteiger partial charge in [0, 0.05) is 24.7 Å². The van der Waals surface area contributed by atoms with E-state index in [0.717, 1.165) is 32.4 Å². The fraction of sp³-hybridized carbons (Fsp3) is 0.923. The standard InChI is InChI=1S/C13H27N3O/c1-5-11(2)15-12(17)10-16-8-6-13(3,14-4)7-9-16/h11,14H,5-10H2,1-4H3,(H,15,17). The van der Waals surface area contributed by atoms with E-state index in [9.17, 15) is 4.79 Å². The van der Waals surface area contributed by atoms with Crippen LogP contribution in [0, 0.1) is 0 Å². The van der Waals surface area contributed by atoms with E-state index in [1.807, 2.05) is 14.0 Å². The molecule has 1 aliphatic rings. The molecule has 1 rings (SSSR count). The third-order valence-electron chi connectivity index (χ3n) is 3.95. The molecule has 1 fully saturated rings. The number of piperidine rings is 1. The zero-order valence-corrected chi connectivity index (χ0v) is 11.7. The number of carbonyl (C=O) groups is 1. The van der Waals surface area contributed by atoms with E-state index < -0.39 is 0 Å². The first kappa shape index (κ1) is 14.5. The summed E-state index contributed by atoms with van der Waals surface area (Å²) in [5, 5.41) is 6.38. The van der Waals surface area contributed by atoms with Crippen LogP contribution in [0.2, 0.25) is 0 Å². The molecule has 4 nitrogen and oxygen atoms in total. The number of hydrogen-bond acceptors (Lipinski definition) is 3. The van der Waals surface area contributed by atoms with Gasteiger partial charge in [0.25, 0.3) is 0 Å². The first-order chi connectivity index (χ1) is 7.99. The molecule has 1 amide bonds. The lowest BCUT2D eigenvalue weighted by Gasteiger charge is -2.39. The lowest BCUT2D eigenvalue weighted by molar-refractivity contribution is -0.123. The van der Waals surface area contributed by atoms with Crippen molar-refractivity contribution >= 4 is 5.91 Å². The molecule has 1 aliphatic heterocycles. The van der Waals surface area contributed by atoms with Crippen molar-refractivity contribution in [2.75, 3.05) is 26.7 Å². The Hall–Kier alpha value is -0.610. The monoisotopic (exact) mass is 241 g/mol. The Morgan fingerprint density at radius 2 is 2.00 bits per heavy atom. The second-order valence-corrected chi connectivity index (χ2v) is 5.46. The molecule has 0 aromatic rings. The Bertz CT molecular complexity index is 247. The van der Waals surface area contributed by atoms with Crippen molar-refractivity contribution in [1.82, 2.24) is 15.5 Å². The van der Waals surface area contributed by atoms with Crippen LogP contribution in [0.3, 0.4) is 0 Å². The predicted octanol–water partition coefficient (Wildman–Crippen LogP) is 0.975. The summed E-state index contributed by atoms with van der Waals surface area (Å²) < 4.78 is 0. The molecule has 0 aromatic heterocycles. The van der Waals surface area contributed by atoms with Crippen molar-refractivity contribution in [1.29, 1.82) is 0 Å². The molecule has 1 atom stereocenters. The molecule has 0 saturated carbocycles. The number of hydrogen-bond donors (Lipinski definition) is 2. The third-order valence-corrected chi connectivity index (χ3v) is 3.95. The highest BCUT2D eigenvalue weighted by atomic mass is 16.2. The number of amides is 1. The van der Waals surface area contributed by atoms with Crippen molar-refractivity contribution in [3.63, 3.8) is 0 Å². The quantitative estimate of drug-likeness (QED) is 0.754. The molecule has 1 heterocycles. The minimum Gasteiger partial charge on any atom is -0.353 e. The second-order valence-electron chi connectivity index (χ2n) is 5.46. The molecule has 0 aromatic carbocycles. The highest BCUT2D eigenvalue weighted by Crippen LogP contribution is 2.20. The van der Waals surface area contributed by atoms with Gasteiger partial charge in [0.05, 0.1) is 6.54 Å². The van der Waals surface area contributed by atoms with E-state index in [-0.39, 0.29) is 17.5 Å². The van der Waals surface area contributed by atoms with Crippen molar-refractivity contribution in [2.45, 2.75) is 51.6 Å². The Balaban J connectivity index is 2.28. The SMILES string of the molecule is CCC(C)NC(=O)CN1CCC(C)(NC)CC1. The summed E-state index contributed by atoms with van der Waals surface area (Å²) in [6.45, 7) is 8.95. The van der Waals surface area contributed by atoms with Crippen molar-refractivity contribution in [2.24, 2.45) is 0 Å². The largest absolute Gasteiger partial charge is 0.353 e. The summed E-state index contributed by atoms with van der Waals surface area (Å²) in [5.74, 6) is 0.160. The average molecular weight is 241 g/mol. The van der Waals surface area contributed by atoms with Crippen LogP contribution in [-0.2, 0) is 4.79 Å². The maximum absolute atomic E-state index is 11.7. The first-order valence-corrected chi connectivity index (χ1v) is 6.69. The smallest absolute Gasteiger partial charge is 0.234 e. The van der Waals surface area contributed by atoms with Gasteiger partial charge in [-0.15, -0.1) is 0 Å². The minimum atomic E-state index is 0.160. The fourth-order valence-electron chi connectivity index (χ4n) is 2.08. The number of carbonyl (C=O) groups excluding carboxylic acids is 1. The molecule has 100 valence electrons. The highest BCUT2D eigenvalue weighted by molar-refractivity contribution is 5.78. The van der Waals surface area contributed by atoms with Crippen LogP contribution >= 0.6 is 0 Å². The van der Waals surface area contributed by atoms with E-state index >= 15 is 0 Å². The van der Waals surface area contributed by atoms with Crippen LogP contribution in [0.1, 0.15) is 40.0 Å². The summed E-state index contributed by atoms with van der Waals surface area (Å²) in [6.07, 6.45) is 3.21. The lowest BCUT2D eigenvalue weighted by atomic mass is 9.90. The van der Waals surface area contributed by atoms with Crippen LogP contribution in [0.4, 0.5) is 0 Å². The normalized spacial score (nSPS) is 22.1. The molecule has 1 saturated heterocycles. The van der Waals surface area contributed by atoms with Crippen molar-refractivity contribution in [3.8, 4) is 0 Å². The van der Waals surface area contributed by atoms with Crippen LogP contribution in [0.5, 0.6) is 0 Å². The Morgan fingerprint density at radius 3 is 2.47 bits per heavy atom. The van der Waals surface area contributed by atoms with Crippen molar-refractivity contribution < 1.29 is 4.79 Å². The summed E-state index contributed by atoms with van der Waals surface area (Å²) in [4.78, 5) is 14.0. The van der Waals surface area contributed by atoms with Crippen molar-refractivity contribution in [3.05, 3.63) is 0 Å². The van der Waals surface area contributed by atoms with Gasteiger partial charge in [-0.05, 0) is 40.2 Å². The molecular formula is C13H27N3O. The maximum Gasteiger partial charge on any atom is 0.234 e. The van der Waals surface area contributed by atoms with Crippen LogP contribution < -0.4 is 10.6 Å². The van der Waals surface area contributed by atoms with E-state index in [4.69, 9.17) is 0 Å². The molecule has 17 heavy (non-hydrogen) atoms. The van der Waals surface area contributed by atoms with Gasteiger partial charge in [-0.1, -0.05) is 6.92 Å². The average Bonchev–Trinajstić information content (AvgIpc) is 2.32. The molecule has 0 radical (unpaired) electrons. The number of rotatable bonds is 5. The van der Waals surface area contributed by atoms with E-state index in [1.54, 1.807) is 0 Å². The maximum atomic E-state index is 11.7. The van der Waals surface area contributed by atoms with E-state index in [2.05, 4.69) is 29.4 Å². The van der Waals surface area contributed by atoms with Gasteiger partial charge < -0.3 is 10.6 Å². The summed E-state index contributed by atoms with van der Waals surface area (Å²) in [7, 11) is 2.02. The molecule has 0 bridgehead atoms. The Labute approximate surface area is 105 Å². The fourth-order valence-corrected chi connectivity index (χ4v) is 2.08. The summed E-state index contributed by atoms with van der Waals surface area (Å²) in [6, 6.07) is 0.287. The van der Waals surface area contributed by atoms with Gasteiger partial charge in [-0.2, -0.15) is 0 Å². The Morgan fingerprint density at radius 1 is 1.41 bits per heavy atom. The summed E-state index contributed by atoms with van der Waals surface area (Å²) >= 11 is 0. The molecule has 2 N–H and O–H groups in total. The number of nitrogens with one attached hydrogen (secondary N) is 2. The molecule has 1 unspecified atom stereocenters. The number of likely N-dealkylation sites (tertiary alicyclic amines) is 1. The van der Waals surface area contributed by atoms with E-state index in [1.165, 1.54) is 0 Å². The molecular weight excluding hydrogens is 214 g/mol. The van der Waals surface area contributed by atoms with Gasteiger partial charge in [0.2, 0.25) is 5.91 Å². The third kappa shape index (κ3) is 4.64. The second kappa shape index (κ2) is 6.36. The van der Waals surface area contributed by atoms with Gasteiger partial charge in [0.15, 0.2) is 0 Å². The topological polar surface area (TPSA) is 44.4 Å². The lowest BCUT2D eigenvalue weighted by Crippen LogP contribution is -2.52. The Kier molecular flexibility index (Phi) is 5.40. The predicted molar refractivity (Wildman–Crippen MR) is 71.0 cm³/mol. The van der Waals surface area contributed by atoms with Gasteiger partial charge in [0.1, 0.15) is 0 Å². The van der Waals surface area contributed by atoms with Gasteiger partial charge in [-0.25, -0.2) is 0 Å². The zero-order chi connectivity index (χ0) is 12.9. The van der Waals surface area contributed by atoms with Crippen LogP contribution in [0.15, 0.2) is 0 Å². The first-order valence-electron chi connectivity index (χ1n) is 6.69. The molecule has 4 heteroatoms. The van der Waals surface area contributed by atoms with E-state index in [0.29, 0.717) is 6.54 Å². The molecule has 0 aliphatic carbocycles. The number of nitrogens with zero attached hydrogens (tertiary/aromatic N) is 1. The van der Waals surface area contributed by atoms with Gasteiger partial charge >= 0.3 is 0 Å². The van der Waals surface area contributed by atoms with Gasteiger partial charge in [-0.3, -0.25) is 9.69 Å². The van der Waals surface area contributed by atoms with Crippen LogP contribution in [0.25, 0.3) is 0 Å². The summed E-state index contributed by atoms with van der Waals surface area (Å²) in [5.41, 5.74) is 0.254. The highest BCUT2D eigenvalue weighted by Gasteiger charge is 2.28. The zero-order valence-electron chi connectivity index (χ0n) is 11.7. The van der Waals surface area contributed by atoms with Crippen LogP contribution in [-0.4, -0.2) is 49.1 Å².